The summed E-state index contributed by atoms with van der Waals surface area (Å²) in [6, 6.07) is 3.21. The van der Waals surface area contributed by atoms with Gasteiger partial charge in [0, 0.05) is 11.6 Å². The Bertz CT molecular complexity index is 527. The van der Waals surface area contributed by atoms with E-state index < -0.39 is 11.6 Å². The molecular weight excluding hydrogens is 244 g/mol. The van der Waals surface area contributed by atoms with E-state index in [1.54, 1.807) is 7.05 Å². The van der Waals surface area contributed by atoms with Gasteiger partial charge in [0.15, 0.2) is 0 Å². The number of halogens is 2. The van der Waals surface area contributed by atoms with E-state index in [9.17, 15) is 8.78 Å². The molecule has 0 saturated heterocycles. The van der Waals surface area contributed by atoms with Crippen molar-refractivity contribution in [3.63, 3.8) is 0 Å². The van der Waals surface area contributed by atoms with Crippen molar-refractivity contribution < 1.29 is 8.78 Å². The standard InChI is InChI=1S/C11H11F2N3S/c1-6-11(17-16-15-6)10(14-2)8-4-3-7(12)5-9(8)13/h3-5,10,14H,1-2H3. The average molecular weight is 255 g/mol. The number of rotatable bonds is 3. The highest BCUT2D eigenvalue weighted by Crippen LogP contribution is 2.28. The van der Waals surface area contributed by atoms with Crippen LogP contribution in [0.4, 0.5) is 8.78 Å². The molecule has 1 heterocycles. The number of aryl methyl sites for hydroxylation is 1. The third-order valence-corrected chi connectivity index (χ3v) is 3.40. The van der Waals surface area contributed by atoms with E-state index in [2.05, 4.69) is 14.9 Å². The molecular formula is C11H11F2N3S. The Labute approximate surface area is 102 Å². The molecule has 3 nitrogen and oxygen atoms in total. The smallest absolute Gasteiger partial charge is 0.131 e. The van der Waals surface area contributed by atoms with Gasteiger partial charge in [-0.1, -0.05) is 10.6 Å². The molecule has 1 unspecified atom stereocenters. The Morgan fingerprint density at radius 3 is 2.65 bits per heavy atom. The summed E-state index contributed by atoms with van der Waals surface area (Å²) in [5.41, 5.74) is 1.14. The van der Waals surface area contributed by atoms with Crippen molar-refractivity contribution in [2.75, 3.05) is 7.05 Å². The second-order valence-electron chi connectivity index (χ2n) is 3.61. The SMILES string of the molecule is CNC(c1ccc(F)cc1F)c1snnc1C. The second-order valence-corrected chi connectivity index (χ2v) is 4.40. The highest BCUT2D eigenvalue weighted by molar-refractivity contribution is 7.05. The maximum Gasteiger partial charge on any atom is 0.131 e. The highest BCUT2D eigenvalue weighted by Gasteiger charge is 2.20. The van der Waals surface area contributed by atoms with Gasteiger partial charge in [-0.3, -0.25) is 0 Å². The summed E-state index contributed by atoms with van der Waals surface area (Å²) in [4.78, 5) is 0.831. The van der Waals surface area contributed by atoms with Gasteiger partial charge in [-0.2, -0.15) is 0 Å². The lowest BCUT2D eigenvalue weighted by Gasteiger charge is -2.15. The first-order valence-electron chi connectivity index (χ1n) is 5.04. The van der Waals surface area contributed by atoms with Gasteiger partial charge in [-0.15, -0.1) is 5.10 Å². The summed E-state index contributed by atoms with van der Waals surface area (Å²) in [5, 5.41) is 6.88. The number of nitrogens with zero attached hydrogens (tertiary/aromatic N) is 2. The summed E-state index contributed by atoms with van der Waals surface area (Å²) >= 11 is 1.21. The van der Waals surface area contributed by atoms with E-state index in [4.69, 9.17) is 0 Å². The van der Waals surface area contributed by atoms with E-state index in [-0.39, 0.29) is 6.04 Å². The van der Waals surface area contributed by atoms with Crippen LogP contribution in [-0.2, 0) is 0 Å². The lowest BCUT2D eigenvalue weighted by atomic mass is 10.0. The summed E-state index contributed by atoms with van der Waals surface area (Å²) in [5.74, 6) is -1.16. The van der Waals surface area contributed by atoms with E-state index in [1.165, 1.54) is 23.7 Å². The molecule has 1 aromatic heterocycles. The van der Waals surface area contributed by atoms with E-state index in [0.717, 1.165) is 16.6 Å². The van der Waals surface area contributed by atoms with E-state index in [1.807, 2.05) is 6.92 Å². The van der Waals surface area contributed by atoms with Crippen molar-refractivity contribution >= 4 is 11.5 Å². The fourth-order valence-corrected chi connectivity index (χ4v) is 2.44. The summed E-state index contributed by atoms with van der Waals surface area (Å²) in [6.07, 6.45) is 0. The quantitative estimate of drug-likeness (QED) is 0.915. The van der Waals surface area contributed by atoms with Gasteiger partial charge in [-0.25, -0.2) is 8.78 Å². The molecule has 0 saturated carbocycles. The van der Waals surface area contributed by atoms with Crippen LogP contribution in [0.3, 0.4) is 0 Å². The molecule has 90 valence electrons. The Morgan fingerprint density at radius 2 is 2.12 bits per heavy atom. The lowest BCUT2D eigenvalue weighted by molar-refractivity contribution is 0.553. The first kappa shape index (κ1) is 12.1. The predicted molar refractivity (Wildman–Crippen MR) is 61.9 cm³/mol. The molecule has 17 heavy (non-hydrogen) atoms. The Morgan fingerprint density at radius 1 is 1.35 bits per heavy atom. The van der Waals surface area contributed by atoms with Crippen molar-refractivity contribution in [2.24, 2.45) is 0 Å². The van der Waals surface area contributed by atoms with Gasteiger partial charge >= 0.3 is 0 Å². The molecule has 0 radical (unpaired) electrons. The van der Waals surface area contributed by atoms with Gasteiger partial charge < -0.3 is 5.32 Å². The molecule has 0 aliphatic heterocycles. The monoisotopic (exact) mass is 255 g/mol. The van der Waals surface area contributed by atoms with Crippen LogP contribution in [0, 0.1) is 18.6 Å². The van der Waals surface area contributed by atoms with Crippen LogP contribution < -0.4 is 5.32 Å². The number of nitrogens with one attached hydrogen (secondary N) is 1. The molecule has 2 rings (SSSR count). The van der Waals surface area contributed by atoms with Crippen LogP contribution in [0.1, 0.15) is 22.2 Å². The van der Waals surface area contributed by atoms with Crippen molar-refractivity contribution in [3.05, 3.63) is 46.0 Å². The first-order chi connectivity index (χ1) is 8.13. The third kappa shape index (κ3) is 2.32. The summed E-state index contributed by atoms with van der Waals surface area (Å²) < 4.78 is 30.4. The second kappa shape index (κ2) is 4.85. The minimum atomic E-state index is -0.583. The average Bonchev–Trinajstić information content (AvgIpc) is 2.69. The predicted octanol–water partition coefficient (Wildman–Crippen LogP) is 2.43. The fourth-order valence-electron chi connectivity index (χ4n) is 1.67. The zero-order valence-corrected chi connectivity index (χ0v) is 10.2. The normalized spacial score (nSPS) is 12.7. The number of benzene rings is 1. The first-order valence-corrected chi connectivity index (χ1v) is 5.82. The Balaban J connectivity index is 2.46. The lowest BCUT2D eigenvalue weighted by Crippen LogP contribution is -2.18. The molecule has 6 heteroatoms. The molecule has 1 N–H and O–H groups in total. The molecule has 0 fully saturated rings. The number of aromatic nitrogens is 2. The Hall–Kier alpha value is -1.40. The zero-order valence-electron chi connectivity index (χ0n) is 9.37. The molecule has 1 aromatic carbocycles. The van der Waals surface area contributed by atoms with Gasteiger partial charge in [0.25, 0.3) is 0 Å². The summed E-state index contributed by atoms with van der Waals surface area (Å²) in [7, 11) is 1.71. The topological polar surface area (TPSA) is 37.8 Å². The zero-order chi connectivity index (χ0) is 12.4. The minimum Gasteiger partial charge on any atom is -0.308 e. The number of hydrogen-bond donors (Lipinski definition) is 1. The van der Waals surface area contributed by atoms with Crippen LogP contribution in [-0.4, -0.2) is 16.6 Å². The van der Waals surface area contributed by atoms with Crippen molar-refractivity contribution in [1.82, 2.24) is 14.9 Å². The van der Waals surface area contributed by atoms with Crippen molar-refractivity contribution in [2.45, 2.75) is 13.0 Å². The molecule has 2 aromatic rings. The van der Waals surface area contributed by atoms with Crippen LogP contribution in [0.5, 0.6) is 0 Å². The van der Waals surface area contributed by atoms with E-state index in [0.29, 0.717) is 5.56 Å². The molecule has 0 aliphatic rings. The van der Waals surface area contributed by atoms with Gasteiger partial charge in [-0.05, 0) is 31.6 Å². The van der Waals surface area contributed by atoms with E-state index >= 15 is 0 Å². The van der Waals surface area contributed by atoms with Crippen LogP contribution >= 0.6 is 11.5 Å². The molecule has 0 aliphatic carbocycles. The molecule has 1 atom stereocenters. The van der Waals surface area contributed by atoms with Gasteiger partial charge in [0.05, 0.1) is 16.6 Å². The maximum absolute atomic E-state index is 13.7. The van der Waals surface area contributed by atoms with Crippen molar-refractivity contribution in [1.29, 1.82) is 0 Å². The number of hydrogen-bond acceptors (Lipinski definition) is 4. The third-order valence-electron chi connectivity index (χ3n) is 2.51. The maximum atomic E-state index is 13.7. The summed E-state index contributed by atoms with van der Waals surface area (Å²) in [6.45, 7) is 1.81. The van der Waals surface area contributed by atoms with Crippen LogP contribution in [0.15, 0.2) is 18.2 Å². The fraction of sp³-hybridized carbons (Fsp3) is 0.273. The molecule has 0 amide bonds. The molecule has 0 bridgehead atoms. The van der Waals surface area contributed by atoms with Crippen molar-refractivity contribution in [3.8, 4) is 0 Å². The minimum absolute atomic E-state index is 0.351. The molecule has 0 spiro atoms. The Kier molecular flexibility index (Phi) is 3.44. The van der Waals surface area contributed by atoms with Crippen LogP contribution in [0.25, 0.3) is 0 Å². The highest BCUT2D eigenvalue weighted by atomic mass is 32.1. The largest absolute Gasteiger partial charge is 0.308 e. The van der Waals surface area contributed by atoms with Crippen LogP contribution in [0.2, 0.25) is 0 Å². The van der Waals surface area contributed by atoms with Gasteiger partial charge in [0.1, 0.15) is 11.6 Å². The van der Waals surface area contributed by atoms with Gasteiger partial charge in [0.2, 0.25) is 0 Å².